The van der Waals surface area contributed by atoms with Crippen molar-refractivity contribution in [1.29, 1.82) is 0 Å². The number of ether oxygens (including phenoxy) is 4. The molecule has 0 aromatic heterocycles. The smallest absolute Gasteiger partial charge is 0.308 e. The maximum absolute atomic E-state index is 12.8. The summed E-state index contributed by atoms with van der Waals surface area (Å²) in [6, 6.07) is 11.5. The number of benzene rings is 2. The predicted octanol–water partition coefficient (Wildman–Crippen LogP) is 3.14. The van der Waals surface area contributed by atoms with Gasteiger partial charge in [-0.1, -0.05) is 12.1 Å². The summed E-state index contributed by atoms with van der Waals surface area (Å²) < 4.78 is 20.6. The lowest BCUT2D eigenvalue weighted by Crippen LogP contribution is -2.30. The summed E-state index contributed by atoms with van der Waals surface area (Å²) in [7, 11) is 4.60. The summed E-state index contributed by atoms with van der Waals surface area (Å²) in [5.41, 5.74) is 1.16. The van der Waals surface area contributed by atoms with Crippen LogP contribution < -0.4 is 19.5 Å². The van der Waals surface area contributed by atoms with Crippen LogP contribution in [-0.2, 0) is 9.53 Å². The highest BCUT2D eigenvalue weighted by Crippen LogP contribution is 2.28. The third-order valence-electron chi connectivity index (χ3n) is 4.15. The molecule has 0 radical (unpaired) electrons. The van der Waals surface area contributed by atoms with Crippen LogP contribution in [0, 0.1) is 0 Å². The van der Waals surface area contributed by atoms with Gasteiger partial charge in [0.1, 0.15) is 5.75 Å². The SMILES string of the molecule is CCOC(=O)CC(NC(=O)c1ccc(OC)c(OC)c1)c1ccc(OC)cc1. The Kier molecular flexibility index (Phi) is 7.68. The molecular weight excluding hydrogens is 362 g/mol. The van der Waals surface area contributed by atoms with Gasteiger partial charge in [0, 0.05) is 5.56 Å². The van der Waals surface area contributed by atoms with Gasteiger partial charge in [-0.25, -0.2) is 0 Å². The molecular formula is C21H25NO6. The molecule has 0 saturated carbocycles. The second kappa shape index (κ2) is 10.2. The van der Waals surface area contributed by atoms with Crippen molar-refractivity contribution in [3.8, 4) is 17.2 Å². The fourth-order valence-corrected chi connectivity index (χ4v) is 2.69. The van der Waals surface area contributed by atoms with Crippen LogP contribution in [0.1, 0.15) is 35.3 Å². The molecule has 0 aliphatic rings. The molecule has 28 heavy (non-hydrogen) atoms. The molecule has 1 N–H and O–H groups in total. The van der Waals surface area contributed by atoms with Crippen molar-refractivity contribution in [2.45, 2.75) is 19.4 Å². The molecule has 0 aliphatic heterocycles. The Morgan fingerprint density at radius 3 is 2.18 bits per heavy atom. The van der Waals surface area contributed by atoms with E-state index in [4.69, 9.17) is 18.9 Å². The zero-order chi connectivity index (χ0) is 20.5. The Labute approximate surface area is 164 Å². The van der Waals surface area contributed by atoms with Crippen molar-refractivity contribution < 1.29 is 28.5 Å². The van der Waals surface area contributed by atoms with Crippen molar-refractivity contribution in [2.75, 3.05) is 27.9 Å². The van der Waals surface area contributed by atoms with E-state index in [-0.39, 0.29) is 18.9 Å². The first-order valence-corrected chi connectivity index (χ1v) is 8.84. The summed E-state index contributed by atoms with van der Waals surface area (Å²) in [4.78, 5) is 24.8. The average Bonchev–Trinajstić information content (AvgIpc) is 2.72. The van der Waals surface area contributed by atoms with Crippen LogP contribution in [0.5, 0.6) is 17.2 Å². The van der Waals surface area contributed by atoms with E-state index in [1.165, 1.54) is 14.2 Å². The molecule has 0 spiro atoms. The molecule has 0 bridgehead atoms. The van der Waals surface area contributed by atoms with Gasteiger partial charge in [0.2, 0.25) is 0 Å². The van der Waals surface area contributed by atoms with Crippen molar-refractivity contribution in [1.82, 2.24) is 5.32 Å². The van der Waals surface area contributed by atoms with E-state index < -0.39 is 12.0 Å². The van der Waals surface area contributed by atoms with E-state index in [1.54, 1.807) is 56.5 Å². The highest BCUT2D eigenvalue weighted by atomic mass is 16.5. The summed E-state index contributed by atoms with van der Waals surface area (Å²) >= 11 is 0. The molecule has 2 aromatic rings. The Hall–Kier alpha value is -3.22. The number of hydrogen-bond acceptors (Lipinski definition) is 6. The minimum atomic E-state index is -0.550. The summed E-state index contributed by atoms with van der Waals surface area (Å²) in [6.07, 6.45) is 0.0131. The van der Waals surface area contributed by atoms with Crippen LogP contribution in [-0.4, -0.2) is 39.8 Å². The number of methoxy groups -OCH3 is 3. The van der Waals surface area contributed by atoms with E-state index in [0.29, 0.717) is 22.8 Å². The first-order chi connectivity index (χ1) is 13.5. The molecule has 0 aliphatic carbocycles. The van der Waals surface area contributed by atoms with Gasteiger partial charge in [-0.3, -0.25) is 9.59 Å². The highest BCUT2D eigenvalue weighted by molar-refractivity contribution is 5.95. The minimum absolute atomic E-state index is 0.0131. The number of carbonyl (C=O) groups is 2. The normalized spacial score (nSPS) is 11.3. The van der Waals surface area contributed by atoms with Crippen LogP contribution >= 0.6 is 0 Å². The van der Waals surface area contributed by atoms with Gasteiger partial charge in [0.15, 0.2) is 11.5 Å². The maximum atomic E-state index is 12.8. The third-order valence-corrected chi connectivity index (χ3v) is 4.15. The van der Waals surface area contributed by atoms with E-state index in [2.05, 4.69) is 5.32 Å². The van der Waals surface area contributed by atoms with Crippen molar-refractivity contribution in [3.63, 3.8) is 0 Å². The van der Waals surface area contributed by atoms with E-state index in [9.17, 15) is 9.59 Å². The Bertz CT molecular complexity index is 803. The number of hydrogen-bond donors (Lipinski definition) is 1. The Balaban J connectivity index is 2.25. The molecule has 2 rings (SSSR count). The molecule has 1 unspecified atom stereocenters. The Morgan fingerprint density at radius 1 is 0.929 bits per heavy atom. The molecule has 2 aromatic carbocycles. The lowest BCUT2D eigenvalue weighted by Gasteiger charge is -2.19. The van der Waals surface area contributed by atoms with Gasteiger partial charge in [-0.15, -0.1) is 0 Å². The second-order valence-corrected chi connectivity index (χ2v) is 5.88. The predicted molar refractivity (Wildman–Crippen MR) is 104 cm³/mol. The van der Waals surface area contributed by atoms with Crippen molar-refractivity contribution >= 4 is 11.9 Å². The average molecular weight is 387 g/mol. The molecule has 7 nitrogen and oxygen atoms in total. The topological polar surface area (TPSA) is 83.1 Å². The number of carbonyl (C=O) groups excluding carboxylic acids is 2. The number of nitrogens with one attached hydrogen (secondary N) is 1. The van der Waals surface area contributed by atoms with Gasteiger partial charge in [-0.05, 0) is 42.8 Å². The van der Waals surface area contributed by atoms with Crippen molar-refractivity contribution in [3.05, 3.63) is 53.6 Å². The van der Waals surface area contributed by atoms with Gasteiger partial charge in [-0.2, -0.15) is 0 Å². The second-order valence-electron chi connectivity index (χ2n) is 5.88. The molecule has 1 atom stereocenters. The van der Waals surface area contributed by atoms with Crippen LogP contribution in [0.4, 0.5) is 0 Å². The lowest BCUT2D eigenvalue weighted by atomic mass is 10.0. The zero-order valence-corrected chi connectivity index (χ0v) is 16.5. The van der Waals surface area contributed by atoms with E-state index >= 15 is 0 Å². The van der Waals surface area contributed by atoms with Crippen molar-refractivity contribution in [2.24, 2.45) is 0 Å². The monoisotopic (exact) mass is 387 g/mol. The fraction of sp³-hybridized carbons (Fsp3) is 0.333. The first-order valence-electron chi connectivity index (χ1n) is 8.84. The van der Waals surface area contributed by atoms with Gasteiger partial charge < -0.3 is 24.3 Å². The van der Waals surface area contributed by atoms with E-state index in [0.717, 1.165) is 5.56 Å². The lowest BCUT2D eigenvalue weighted by molar-refractivity contribution is -0.143. The molecule has 150 valence electrons. The largest absolute Gasteiger partial charge is 0.497 e. The van der Waals surface area contributed by atoms with Crippen LogP contribution in [0.2, 0.25) is 0 Å². The van der Waals surface area contributed by atoms with Crippen LogP contribution in [0.3, 0.4) is 0 Å². The Morgan fingerprint density at radius 2 is 1.61 bits per heavy atom. The quantitative estimate of drug-likeness (QED) is 0.666. The van der Waals surface area contributed by atoms with Crippen LogP contribution in [0.25, 0.3) is 0 Å². The molecule has 1 amide bonds. The van der Waals surface area contributed by atoms with Gasteiger partial charge >= 0.3 is 5.97 Å². The van der Waals surface area contributed by atoms with E-state index in [1.807, 2.05) is 0 Å². The van der Waals surface area contributed by atoms with Gasteiger partial charge in [0.05, 0.1) is 40.4 Å². The zero-order valence-electron chi connectivity index (χ0n) is 16.5. The van der Waals surface area contributed by atoms with Gasteiger partial charge in [0.25, 0.3) is 5.91 Å². The molecule has 7 heteroatoms. The first kappa shape index (κ1) is 21.1. The third kappa shape index (κ3) is 5.39. The summed E-state index contributed by atoms with van der Waals surface area (Å²) in [6.45, 7) is 2.01. The molecule has 0 fully saturated rings. The van der Waals surface area contributed by atoms with Crippen LogP contribution in [0.15, 0.2) is 42.5 Å². The number of amides is 1. The number of rotatable bonds is 9. The fourth-order valence-electron chi connectivity index (χ4n) is 2.69. The number of esters is 1. The summed E-state index contributed by atoms with van der Waals surface area (Å²) in [5.74, 6) is 0.922. The highest BCUT2D eigenvalue weighted by Gasteiger charge is 2.21. The minimum Gasteiger partial charge on any atom is -0.497 e. The molecule has 0 heterocycles. The standard InChI is InChI=1S/C21H25NO6/c1-5-28-20(23)13-17(14-6-9-16(25-2)10-7-14)22-21(24)15-8-11-18(26-3)19(12-15)27-4/h6-12,17H,5,13H2,1-4H3,(H,22,24). The summed E-state index contributed by atoms with van der Waals surface area (Å²) in [5, 5.41) is 2.89. The maximum Gasteiger partial charge on any atom is 0.308 e. The molecule has 0 saturated heterocycles.